The lowest BCUT2D eigenvalue weighted by molar-refractivity contribution is 0.0955. The molecule has 0 spiro atoms. The topological polar surface area (TPSA) is 97.3 Å². The summed E-state index contributed by atoms with van der Waals surface area (Å²) < 4.78 is 35.8. The number of hydrazone groups is 1. The number of sulfonamides is 1. The fourth-order valence-electron chi connectivity index (χ4n) is 2.17. The van der Waals surface area contributed by atoms with Gasteiger partial charge >= 0.3 is 0 Å². The van der Waals surface area contributed by atoms with Gasteiger partial charge in [-0.2, -0.15) is 5.10 Å². The molecule has 27 heavy (non-hydrogen) atoms. The van der Waals surface area contributed by atoms with Gasteiger partial charge in [0.1, 0.15) is 0 Å². The van der Waals surface area contributed by atoms with Crippen LogP contribution in [-0.4, -0.2) is 53.2 Å². The quantitative estimate of drug-likeness (QED) is 0.573. The fraction of sp³-hybridized carbons (Fsp3) is 0.222. The first kappa shape index (κ1) is 20.4. The van der Waals surface area contributed by atoms with Crippen LogP contribution in [0, 0.1) is 0 Å². The molecular weight excluding hydrogens is 370 g/mol. The molecular formula is C18H21N3O5S. The predicted octanol–water partition coefficient (Wildman–Crippen LogP) is 1.72. The Kier molecular flexibility index (Phi) is 6.54. The molecule has 9 heteroatoms. The highest BCUT2D eigenvalue weighted by Gasteiger charge is 2.18. The third-order valence-electron chi connectivity index (χ3n) is 3.66. The Morgan fingerprint density at radius 3 is 2.41 bits per heavy atom. The second kappa shape index (κ2) is 8.65. The molecule has 144 valence electrons. The molecule has 1 amide bonds. The van der Waals surface area contributed by atoms with E-state index in [2.05, 4.69) is 10.5 Å². The number of nitrogens with one attached hydrogen (secondary N) is 1. The van der Waals surface area contributed by atoms with Crippen LogP contribution in [0.5, 0.6) is 11.5 Å². The van der Waals surface area contributed by atoms with E-state index in [-0.39, 0.29) is 10.5 Å². The van der Waals surface area contributed by atoms with Crippen LogP contribution in [0.2, 0.25) is 0 Å². The zero-order chi connectivity index (χ0) is 20.0. The second-order valence-corrected chi connectivity index (χ2v) is 7.78. The molecule has 2 aromatic rings. The molecule has 1 N–H and O–H groups in total. The van der Waals surface area contributed by atoms with Crippen molar-refractivity contribution in [2.75, 3.05) is 28.3 Å². The molecule has 0 saturated carbocycles. The number of carbonyl (C=O) groups excluding carboxylic acids is 1. The van der Waals surface area contributed by atoms with E-state index in [0.29, 0.717) is 17.1 Å². The van der Waals surface area contributed by atoms with E-state index in [4.69, 9.17) is 9.47 Å². The zero-order valence-electron chi connectivity index (χ0n) is 15.5. The lowest BCUT2D eigenvalue weighted by Gasteiger charge is -2.11. The summed E-state index contributed by atoms with van der Waals surface area (Å²) in [6, 6.07) is 10.9. The summed E-state index contributed by atoms with van der Waals surface area (Å²) in [5.74, 6) is 0.592. The molecule has 0 heterocycles. The van der Waals surface area contributed by atoms with E-state index in [1.807, 2.05) is 0 Å². The van der Waals surface area contributed by atoms with E-state index in [1.54, 1.807) is 18.2 Å². The van der Waals surface area contributed by atoms with Crippen LogP contribution in [0.3, 0.4) is 0 Å². The first-order valence-corrected chi connectivity index (χ1v) is 9.31. The third kappa shape index (κ3) is 4.83. The Labute approximate surface area is 158 Å². The third-order valence-corrected chi connectivity index (χ3v) is 5.47. The molecule has 0 aliphatic heterocycles. The van der Waals surface area contributed by atoms with Crippen LogP contribution < -0.4 is 14.9 Å². The molecule has 0 aliphatic carbocycles. The Morgan fingerprint density at radius 2 is 1.78 bits per heavy atom. The normalized spacial score (nSPS) is 11.6. The van der Waals surface area contributed by atoms with Gasteiger partial charge in [-0.05, 0) is 42.0 Å². The minimum atomic E-state index is -3.62. The minimum Gasteiger partial charge on any atom is -0.493 e. The second-order valence-electron chi connectivity index (χ2n) is 5.63. The van der Waals surface area contributed by atoms with Crippen LogP contribution in [0.4, 0.5) is 0 Å². The maximum Gasteiger partial charge on any atom is 0.271 e. The molecule has 2 aromatic carbocycles. The summed E-state index contributed by atoms with van der Waals surface area (Å²) in [6.45, 7) is 0. The molecule has 0 saturated heterocycles. The largest absolute Gasteiger partial charge is 0.493 e. The van der Waals surface area contributed by atoms with Crippen molar-refractivity contribution in [1.82, 2.24) is 9.73 Å². The summed E-state index contributed by atoms with van der Waals surface area (Å²) in [6.07, 6.45) is 1.44. The minimum absolute atomic E-state index is 0.0315. The number of ether oxygens (including phenoxy) is 2. The number of benzene rings is 2. The van der Waals surface area contributed by atoms with Gasteiger partial charge in [-0.1, -0.05) is 6.07 Å². The van der Waals surface area contributed by atoms with Gasteiger partial charge in [-0.25, -0.2) is 18.1 Å². The maximum absolute atomic E-state index is 12.2. The van der Waals surface area contributed by atoms with Crippen LogP contribution in [0.15, 0.2) is 52.5 Å². The van der Waals surface area contributed by atoms with Gasteiger partial charge in [0.05, 0.1) is 25.3 Å². The SMILES string of the molecule is COc1ccc(/C=N\NC(=O)c2cccc(S(=O)(=O)N(C)C)c2)cc1OC. The average molecular weight is 391 g/mol. The molecule has 0 radical (unpaired) electrons. The summed E-state index contributed by atoms with van der Waals surface area (Å²) in [7, 11) is 2.29. The predicted molar refractivity (Wildman–Crippen MR) is 102 cm³/mol. The monoisotopic (exact) mass is 391 g/mol. The zero-order valence-corrected chi connectivity index (χ0v) is 16.3. The van der Waals surface area contributed by atoms with Crippen molar-refractivity contribution in [2.45, 2.75) is 4.90 Å². The fourth-order valence-corrected chi connectivity index (χ4v) is 3.12. The molecule has 0 atom stereocenters. The Hall–Kier alpha value is -2.91. The van der Waals surface area contributed by atoms with Gasteiger partial charge in [-0.3, -0.25) is 4.79 Å². The number of nitrogens with zero attached hydrogens (tertiary/aromatic N) is 2. The van der Waals surface area contributed by atoms with E-state index in [1.165, 1.54) is 58.8 Å². The van der Waals surface area contributed by atoms with Gasteiger partial charge in [-0.15, -0.1) is 0 Å². The molecule has 0 unspecified atom stereocenters. The van der Waals surface area contributed by atoms with Crippen molar-refractivity contribution in [3.8, 4) is 11.5 Å². The summed E-state index contributed by atoms with van der Waals surface area (Å²) >= 11 is 0. The Bertz CT molecular complexity index is 955. The molecule has 0 fully saturated rings. The van der Waals surface area contributed by atoms with Gasteiger partial charge < -0.3 is 9.47 Å². The average Bonchev–Trinajstić information content (AvgIpc) is 2.67. The van der Waals surface area contributed by atoms with Crippen molar-refractivity contribution < 1.29 is 22.7 Å². The van der Waals surface area contributed by atoms with Crippen molar-refractivity contribution in [3.05, 3.63) is 53.6 Å². The van der Waals surface area contributed by atoms with Crippen LogP contribution >= 0.6 is 0 Å². The van der Waals surface area contributed by atoms with Crippen molar-refractivity contribution in [1.29, 1.82) is 0 Å². The molecule has 8 nitrogen and oxygen atoms in total. The number of hydrogen-bond acceptors (Lipinski definition) is 6. The number of hydrogen-bond donors (Lipinski definition) is 1. The van der Waals surface area contributed by atoms with Crippen LogP contribution in [0.1, 0.15) is 15.9 Å². The smallest absolute Gasteiger partial charge is 0.271 e. The lowest BCUT2D eigenvalue weighted by Crippen LogP contribution is -2.23. The molecule has 0 aliphatic rings. The number of amides is 1. The molecule has 0 aromatic heterocycles. The highest BCUT2D eigenvalue weighted by atomic mass is 32.2. The summed E-state index contributed by atoms with van der Waals surface area (Å²) in [4.78, 5) is 12.3. The molecule has 0 bridgehead atoms. The van der Waals surface area contributed by atoms with E-state index < -0.39 is 15.9 Å². The first-order valence-electron chi connectivity index (χ1n) is 7.87. The summed E-state index contributed by atoms with van der Waals surface area (Å²) in [5.41, 5.74) is 3.25. The maximum atomic E-state index is 12.2. The van der Waals surface area contributed by atoms with Crippen molar-refractivity contribution in [3.63, 3.8) is 0 Å². The summed E-state index contributed by atoms with van der Waals surface area (Å²) in [5, 5.41) is 3.89. The van der Waals surface area contributed by atoms with Crippen LogP contribution in [0.25, 0.3) is 0 Å². The van der Waals surface area contributed by atoms with E-state index in [0.717, 1.165) is 4.31 Å². The van der Waals surface area contributed by atoms with Crippen molar-refractivity contribution >= 4 is 22.1 Å². The van der Waals surface area contributed by atoms with Gasteiger partial charge in [0.2, 0.25) is 10.0 Å². The lowest BCUT2D eigenvalue weighted by atomic mass is 10.2. The Morgan fingerprint density at radius 1 is 1.07 bits per heavy atom. The number of rotatable bonds is 7. The van der Waals surface area contributed by atoms with Gasteiger partial charge in [0.25, 0.3) is 5.91 Å². The Balaban J connectivity index is 2.13. The highest BCUT2D eigenvalue weighted by Crippen LogP contribution is 2.26. The van der Waals surface area contributed by atoms with Crippen molar-refractivity contribution in [2.24, 2.45) is 5.10 Å². The van der Waals surface area contributed by atoms with Gasteiger partial charge in [0, 0.05) is 19.7 Å². The van der Waals surface area contributed by atoms with Gasteiger partial charge in [0.15, 0.2) is 11.5 Å². The first-order chi connectivity index (χ1) is 12.8. The van der Waals surface area contributed by atoms with E-state index >= 15 is 0 Å². The highest BCUT2D eigenvalue weighted by molar-refractivity contribution is 7.89. The van der Waals surface area contributed by atoms with Crippen LogP contribution in [-0.2, 0) is 10.0 Å². The number of methoxy groups -OCH3 is 2. The van der Waals surface area contributed by atoms with E-state index in [9.17, 15) is 13.2 Å². The molecule has 2 rings (SSSR count). The number of carbonyl (C=O) groups is 1. The standard InChI is InChI=1S/C18H21N3O5S/c1-21(2)27(23,24)15-7-5-6-14(11-15)18(22)20-19-12-13-8-9-16(25-3)17(10-13)26-4/h5-12H,1-4H3,(H,20,22)/b19-12-.